The van der Waals surface area contributed by atoms with Gasteiger partial charge in [-0.2, -0.15) is 0 Å². The van der Waals surface area contributed by atoms with Crippen molar-refractivity contribution in [2.75, 3.05) is 6.61 Å². The van der Waals surface area contributed by atoms with E-state index >= 15 is 0 Å². The Balaban J connectivity index is 2.02. The second-order valence-electron chi connectivity index (χ2n) is 6.45. The van der Waals surface area contributed by atoms with Gasteiger partial charge in [-0.05, 0) is 50.9 Å². The first-order chi connectivity index (χ1) is 9.52. The maximum absolute atomic E-state index is 12.9. The van der Waals surface area contributed by atoms with E-state index in [1.807, 2.05) is 13.8 Å². The van der Waals surface area contributed by atoms with Gasteiger partial charge in [0.1, 0.15) is 6.10 Å². The highest BCUT2D eigenvalue weighted by molar-refractivity contribution is 5.86. The van der Waals surface area contributed by atoms with Crippen LogP contribution in [0.25, 0.3) is 0 Å². The smallest absolute Gasteiger partial charge is 0.165 e. The second kappa shape index (κ2) is 6.86. The van der Waals surface area contributed by atoms with Gasteiger partial charge in [0, 0.05) is 12.5 Å². The molecule has 0 aromatic carbocycles. The van der Waals surface area contributed by atoms with Gasteiger partial charge in [0.05, 0.1) is 0 Å². The van der Waals surface area contributed by atoms with Crippen LogP contribution in [-0.4, -0.2) is 24.8 Å². The van der Waals surface area contributed by atoms with Gasteiger partial charge < -0.3 is 9.47 Å². The largest absolute Gasteiger partial charge is 0.353 e. The number of allylic oxidation sites excluding steroid dienone is 2. The number of hydrogen-bond acceptors (Lipinski definition) is 3. The average molecular weight is 280 g/mol. The van der Waals surface area contributed by atoms with Crippen LogP contribution in [0.5, 0.6) is 0 Å². The lowest BCUT2D eigenvalue weighted by atomic mass is 9.66. The Morgan fingerprint density at radius 3 is 2.45 bits per heavy atom. The fraction of sp³-hybridized carbons (Fsp3) is 0.824. The minimum Gasteiger partial charge on any atom is -0.353 e. The molecule has 0 aromatic rings. The molecule has 1 unspecified atom stereocenters. The van der Waals surface area contributed by atoms with E-state index in [1.54, 1.807) is 0 Å². The SMILES string of the molecule is CCOC(C)O[C@H](C(=O)[C@H]1C[C@H]2C=C[C@@H]1CC2)C(C)C. The normalized spacial score (nSPS) is 31.6. The summed E-state index contributed by atoms with van der Waals surface area (Å²) in [6, 6.07) is 0. The van der Waals surface area contributed by atoms with Gasteiger partial charge in [-0.25, -0.2) is 0 Å². The molecule has 3 aliphatic rings. The van der Waals surface area contributed by atoms with E-state index in [2.05, 4.69) is 26.0 Å². The Labute approximate surface area is 122 Å². The van der Waals surface area contributed by atoms with E-state index < -0.39 is 0 Å². The van der Waals surface area contributed by atoms with Gasteiger partial charge in [0.25, 0.3) is 0 Å². The molecule has 0 N–H and O–H groups in total. The van der Waals surface area contributed by atoms with Gasteiger partial charge in [-0.15, -0.1) is 0 Å². The number of ketones is 1. The molecule has 0 spiro atoms. The zero-order valence-corrected chi connectivity index (χ0v) is 13.2. The summed E-state index contributed by atoms with van der Waals surface area (Å²) in [5.74, 6) is 1.66. The highest BCUT2D eigenvalue weighted by Crippen LogP contribution is 2.41. The lowest BCUT2D eigenvalue weighted by molar-refractivity contribution is -0.181. The lowest BCUT2D eigenvalue weighted by Gasteiger charge is -2.39. The van der Waals surface area contributed by atoms with Crippen LogP contribution in [-0.2, 0) is 14.3 Å². The van der Waals surface area contributed by atoms with Crippen molar-refractivity contribution in [2.24, 2.45) is 23.7 Å². The molecule has 2 bridgehead atoms. The van der Waals surface area contributed by atoms with E-state index in [9.17, 15) is 4.79 Å². The van der Waals surface area contributed by atoms with Crippen molar-refractivity contribution in [1.29, 1.82) is 0 Å². The number of carbonyl (C=O) groups is 1. The van der Waals surface area contributed by atoms with Crippen LogP contribution < -0.4 is 0 Å². The Morgan fingerprint density at radius 1 is 1.25 bits per heavy atom. The standard InChI is InChI=1S/C17H28O3/c1-5-19-12(4)20-17(11(2)3)16(18)15-10-13-6-8-14(15)9-7-13/h6,8,11-15,17H,5,7,9-10H2,1-4H3/t12?,13-,14+,15-,17-/m0/s1. The topological polar surface area (TPSA) is 35.5 Å². The fourth-order valence-electron chi connectivity index (χ4n) is 3.50. The number of Topliss-reactive ketones (excluding diaryl/α,β-unsaturated/α-hetero) is 1. The van der Waals surface area contributed by atoms with Crippen molar-refractivity contribution in [3.8, 4) is 0 Å². The molecule has 0 aromatic heterocycles. The molecule has 0 saturated heterocycles. The number of rotatable bonds is 7. The van der Waals surface area contributed by atoms with Gasteiger partial charge in [0.2, 0.25) is 0 Å². The molecule has 1 fully saturated rings. The summed E-state index contributed by atoms with van der Waals surface area (Å²) in [6.45, 7) is 8.53. The molecule has 3 nitrogen and oxygen atoms in total. The molecule has 0 aliphatic heterocycles. The Kier molecular flexibility index (Phi) is 5.39. The molecule has 0 radical (unpaired) electrons. The summed E-state index contributed by atoms with van der Waals surface area (Å²) in [6.07, 6.45) is 7.31. The van der Waals surface area contributed by atoms with Crippen molar-refractivity contribution in [3.63, 3.8) is 0 Å². The summed E-state index contributed by atoms with van der Waals surface area (Å²) in [5, 5.41) is 0. The van der Waals surface area contributed by atoms with Crippen LogP contribution in [0.3, 0.4) is 0 Å². The summed E-state index contributed by atoms with van der Waals surface area (Å²) in [4.78, 5) is 12.9. The quantitative estimate of drug-likeness (QED) is 0.528. The molecule has 5 atom stereocenters. The molecule has 3 heteroatoms. The Hall–Kier alpha value is -0.670. The summed E-state index contributed by atoms with van der Waals surface area (Å²) < 4.78 is 11.3. The third kappa shape index (κ3) is 3.50. The number of carbonyl (C=O) groups excluding carboxylic acids is 1. The van der Waals surface area contributed by atoms with Crippen LogP contribution in [0.1, 0.15) is 47.0 Å². The fourth-order valence-corrected chi connectivity index (χ4v) is 3.50. The van der Waals surface area contributed by atoms with Crippen molar-refractivity contribution >= 4 is 5.78 Å². The first-order valence-corrected chi connectivity index (χ1v) is 8.02. The van der Waals surface area contributed by atoms with E-state index in [0.29, 0.717) is 18.4 Å². The minimum absolute atomic E-state index is 0.153. The molecule has 3 aliphatic carbocycles. The highest BCUT2D eigenvalue weighted by atomic mass is 16.7. The second-order valence-corrected chi connectivity index (χ2v) is 6.45. The maximum atomic E-state index is 12.9. The number of hydrogen-bond donors (Lipinski definition) is 0. The van der Waals surface area contributed by atoms with Crippen molar-refractivity contribution < 1.29 is 14.3 Å². The van der Waals surface area contributed by atoms with E-state index in [1.165, 1.54) is 6.42 Å². The number of fused-ring (bicyclic) bond motifs is 2. The zero-order chi connectivity index (χ0) is 14.7. The highest BCUT2D eigenvalue weighted by Gasteiger charge is 2.40. The maximum Gasteiger partial charge on any atom is 0.165 e. The summed E-state index contributed by atoms with van der Waals surface area (Å²) in [7, 11) is 0. The van der Waals surface area contributed by atoms with Crippen molar-refractivity contribution in [2.45, 2.75) is 59.4 Å². The molecule has 0 amide bonds. The predicted octanol–water partition coefficient (Wildman–Crippen LogP) is 3.58. The van der Waals surface area contributed by atoms with E-state index in [4.69, 9.17) is 9.47 Å². The van der Waals surface area contributed by atoms with Crippen LogP contribution >= 0.6 is 0 Å². The van der Waals surface area contributed by atoms with Crippen molar-refractivity contribution in [1.82, 2.24) is 0 Å². The molecule has 1 saturated carbocycles. The minimum atomic E-state index is -0.339. The van der Waals surface area contributed by atoms with Crippen LogP contribution in [0.2, 0.25) is 0 Å². The van der Waals surface area contributed by atoms with Gasteiger partial charge >= 0.3 is 0 Å². The van der Waals surface area contributed by atoms with Gasteiger partial charge in [0.15, 0.2) is 12.1 Å². The van der Waals surface area contributed by atoms with Gasteiger partial charge in [-0.3, -0.25) is 4.79 Å². The summed E-state index contributed by atoms with van der Waals surface area (Å²) in [5.41, 5.74) is 0. The number of ether oxygens (including phenoxy) is 2. The van der Waals surface area contributed by atoms with E-state index in [-0.39, 0.29) is 30.0 Å². The zero-order valence-electron chi connectivity index (χ0n) is 13.2. The third-order valence-corrected chi connectivity index (χ3v) is 4.57. The summed E-state index contributed by atoms with van der Waals surface area (Å²) >= 11 is 0. The Morgan fingerprint density at radius 2 is 2.00 bits per heavy atom. The predicted molar refractivity (Wildman–Crippen MR) is 79.3 cm³/mol. The average Bonchev–Trinajstić information content (AvgIpc) is 2.45. The van der Waals surface area contributed by atoms with Crippen LogP contribution in [0.4, 0.5) is 0 Å². The molecule has 3 rings (SSSR count). The monoisotopic (exact) mass is 280 g/mol. The third-order valence-electron chi connectivity index (χ3n) is 4.57. The molecule has 0 heterocycles. The van der Waals surface area contributed by atoms with E-state index in [0.717, 1.165) is 12.8 Å². The Bertz CT molecular complexity index is 361. The van der Waals surface area contributed by atoms with Crippen LogP contribution in [0.15, 0.2) is 12.2 Å². The molecule has 20 heavy (non-hydrogen) atoms. The first-order valence-electron chi connectivity index (χ1n) is 8.02. The van der Waals surface area contributed by atoms with Gasteiger partial charge in [-0.1, -0.05) is 26.0 Å². The lowest BCUT2D eigenvalue weighted by Crippen LogP contribution is -2.43. The van der Waals surface area contributed by atoms with Crippen molar-refractivity contribution in [3.05, 3.63) is 12.2 Å². The van der Waals surface area contributed by atoms with Crippen LogP contribution in [0, 0.1) is 23.7 Å². The molecular weight excluding hydrogens is 252 g/mol. The first kappa shape index (κ1) is 15.7. The molecular formula is C17H28O3. The molecule has 114 valence electrons.